The molecule has 0 radical (unpaired) electrons. The lowest BCUT2D eigenvalue weighted by molar-refractivity contribution is -0.115. The van der Waals surface area contributed by atoms with Crippen LogP contribution in [0.3, 0.4) is 0 Å². The first-order chi connectivity index (χ1) is 12.6. The molecule has 2 aromatic carbocycles. The summed E-state index contributed by atoms with van der Waals surface area (Å²) in [5.74, 6) is -1.85. The minimum absolute atomic E-state index is 0.0204. The number of anilines is 2. The van der Waals surface area contributed by atoms with Crippen LogP contribution in [0, 0.1) is 11.6 Å². The Bertz CT molecular complexity index is 1010. The van der Waals surface area contributed by atoms with Crippen LogP contribution in [0.25, 0.3) is 0 Å². The van der Waals surface area contributed by atoms with Gasteiger partial charge in [-0.25, -0.2) is 17.2 Å². The molecule has 0 spiro atoms. The third-order valence-electron chi connectivity index (χ3n) is 4.27. The number of carbonyl (C=O) groups excluding carboxylic acids is 1. The van der Waals surface area contributed by atoms with Crippen LogP contribution in [-0.2, 0) is 21.1 Å². The second kappa shape index (κ2) is 7.44. The van der Waals surface area contributed by atoms with Gasteiger partial charge in [-0.1, -0.05) is 11.6 Å². The van der Waals surface area contributed by atoms with Crippen LogP contribution in [0.2, 0.25) is 5.02 Å². The maximum Gasteiger partial charge on any atom is 0.243 e. The van der Waals surface area contributed by atoms with E-state index in [9.17, 15) is 22.0 Å². The number of hydrogen-bond donors (Lipinski definition) is 1. The van der Waals surface area contributed by atoms with Crippen molar-refractivity contribution in [3.8, 4) is 0 Å². The number of hydrogen-bond acceptors (Lipinski definition) is 4. The number of sulfone groups is 1. The lowest BCUT2D eigenvalue weighted by Gasteiger charge is -2.31. The highest BCUT2D eigenvalue weighted by atomic mass is 35.5. The highest BCUT2D eigenvalue weighted by Crippen LogP contribution is 2.31. The van der Waals surface area contributed by atoms with Crippen LogP contribution >= 0.6 is 11.6 Å². The molecule has 0 bridgehead atoms. The molecule has 0 saturated carbocycles. The smallest absolute Gasteiger partial charge is 0.243 e. The van der Waals surface area contributed by atoms with Crippen molar-refractivity contribution < 1.29 is 22.0 Å². The van der Waals surface area contributed by atoms with Crippen molar-refractivity contribution in [2.45, 2.75) is 17.7 Å². The van der Waals surface area contributed by atoms with Gasteiger partial charge in [0, 0.05) is 18.9 Å². The largest absolute Gasteiger partial charge is 0.360 e. The molecule has 1 N–H and O–H groups in total. The first-order valence-corrected chi connectivity index (χ1v) is 10.4. The van der Waals surface area contributed by atoms with E-state index in [2.05, 4.69) is 5.32 Å². The Morgan fingerprint density at radius 3 is 2.70 bits per heavy atom. The summed E-state index contributed by atoms with van der Waals surface area (Å²) in [4.78, 5) is 14.0. The molecule has 9 heteroatoms. The van der Waals surface area contributed by atoms with Crippen molar-refractivity contribution >= 4 is 38.7 Å². The quantitative estimate of drug-likeness (QED) is 0.832. The maximum absolute atomic E-state index is 14.2. The number of nitrogens with zero attached hydrogens (tertiary/aromatic N) is 1. The Labute approximate surface area is 160 Å². The lowest BCUT2D eigenvalue weighted by atomic mass is 10.0. The van der Waals surface area contributed by atoms with Crippen molar-refractivity contribution in [3.05, 3.63) is 52.6 Å². The van der Waals surface area contributed by atoms with Crippen LogP contribution in [-0.4, -0.2) is 33.7 Å². The Hall–Kier alpha value is -2.19. The molecular weight excluding hydrogens is 398 g/mol. The average molecular weight is 415 g/mol. The molecule has 0 fully saturated rings. The van der Waals surface area contributed by atoms with Gasteiger partial charge in [-0.05, 0) is 42.7 Å². The molecule has 3 rings (SSSR count). The van der Waals surface area contributed by atoms with Gasteiger partial charge in [0.05, 0.1) is 27.8 Å². The summed E-state index contributed by atoms with van der Waals surface area (Å²) in [5, 5.41) is 2.74. The molecule has 0 aromatic heterocycles. The second-order valence-corrected chi connectivity index (χ2v) is 8.81. The van der Waals surface area contributed by atoms with E-state index in [1.165, 1.54) is 29.2 Å². The third-order valence-corrected chi connectivity index (χ3v) is 5.71. The van der Waals surface area contributed by atoms with Gasteiger partial charge >= 0.3 is 0 Å². The Morgan fingerprint density at radius 2 is 2.00 bits per heavy atom. The molecule has 0 aliphatic carbocycles. The molecule has 0 unspecified atom stereocenters. The Morgan fingerprint density at radius 1 is 1.26 bits per heavy atom. The Kier molecular flexibility index (Phi) is 5.39. The molecule has 2 aromatic rings. The summed E-state index contributed by atoms with van der Waals surface area (Å²) in [7, 11) is -3.46. The predicted molar refractivity (Wildman–Crippen MR) is 100 cm³/mol. The molecule has 0 saturated heterocycles. The van der Waals surface area contributed by atoms with Crippen LogP contribution in [0.15, 0.2) is 35.2 Å². The SMILES string of the molecule is CS(=O)(=O)c1ccc(Cl)c(NC(=O)CN2CCCc3cc(F)cc(F)c32)c1. The van der Waals surface area contributed by atoms with E-state index >= 15 is 0 Å². The summed E-state index contributed by atoms with van der Waals surface area (Å²) in [5.41, 5.74) is 0.888. The summed E-state index contributed by atoms with van der Waals surface area (Å²) >= 11 is 6.03. The second-order valence-electron chi connectivity index (χ2n) is 6.38. The zero-order valence-corrected chi connectivity index (χ0v) is 16.0. The number of amides is 1. The number of carbonyl (C=O) groups is 1. The summed E-state index contributed by atoms with van der Waals surface area (Å²) in [6.07, 6.45) is 2.24. The zero-order valence-electron chi connectivity index (χ0n) is 14.4. The fraction of sp³-hybridized carbons (Fsp3) is 0.278. The van der Waals surface area contributed by atoms with Gasteiger partial charge in [-0.2, -0.15) is 0 Å². The Balaban J connectivity index is 1.81. The minimum Gasteiger partial charge on any atom is -0.360 e. The highest BCUT2D eigenvalue weighted by molar-refractivity contribution is 7.90. The molecule has 1 amide bonds. The number of halogens is 3. The molecule has 144 valence electrons. The average Bonchev–Trinajstić information content (AvgIpc) is 2.55. The number of fused-ring (bicyclic) bond motifs is 1. The van der Waals surface area contributed by atoms with Crippen molar-refractivity contribution in [2.75, 3.05) is 29.6 Å². The van der Waals surface area contributed by atoms with Crippen molar-refractivity contribution in [1.29, 1.82) is 0 Å². The topological polar surface area (TPSA) is 66.5 Å². The van der Waals surface area contributed by atoms with Gasteiger partial charge in [0.25, 0.3) is 0 Å². The highest BCUT2D eigenvalue weighted by Gasteiger charge is 2.24. The minimum atomic E-state index is -3.46. The number of nitrogens with one attached hydrogen (secondary N) is 1. The number of benzene rings is 2. The molecule has 1 aliphatic heterocycles. The fourth-order valence-corrected chi connectivity index (χ4v) is 3.90. The van der Waals surface area contributed by atoms with E-state index in [-0.39, 0.29) is 27.8 Å². The van der Waals surface area contributed by atoms with Crippen LogP contribution in [0.1, 0.15) is 12.0 Å². The van der Waals surface area contributed by atoms with E-state index in [4.69, 9.17) is 11.6 Å². The molecular formula is C18H17ClF2N2O3S. The normalized spacial score (nSPS) is 14.0. The summed E-state index contributed by atoms with van der Waals surface area (Å²) in [6.45, 7) is 0.273. The molecule has 0 atom stereocenters. The van der Waals surface area contributed by atoms with Gasteiger partial charge in [0.1, 0.15) is 11.6 Å². The van der Waals surface area contributed by atoms with Crippen LogP contribution in [0.4, 0.5) is 20.2 Å². The summed E-state index contributed by atoms with van der Waals surface area (Å²) in [6, 6.07) is 6.07. The number of rotatable bonds is 4. The third kappa shape index (κ3) is 4.39. The molecule has 5 nitrogen and oxygen atoms in total. The number of aryl methyl sites for hydroxylation is 1. The molecule has 27 heavy (non-hydrogen) atoms. The van der Waals surface area contributed by atoms with E-state index in [1.807, 2.05) is 0 Å². The standard InChI is InChI=1S/C18H17ClF2N2O3S/c1-27(25,26)13-4-5-14(19)16(9-13)22-17(24)10-23-6-2-3-11-7-12(20)8-15(21)18(11)23/h4-5,7-9H,2-3,6,10H2,1H3,(H,22,24). The van der Waals surface area contributed by atoms with E-state index in [0.717, 1.165) is 12.3 Å². The van der Waals surface area contributed by atoms with Gasteiger partial charge in [0.2, 0.25) is 5.91 Å². The van der Waals surface area contributed by atoms with E-state index < -0.39 is 27.4 Å². The fourth-order valence-electron chi connectivity index (χ4n) is 3.09. The monoisotopic (exact) mass is 414 g/mol. The molecule has 1 heterocycles. The van der Waals surface area contributed by atoms with Crippen molar-refractivity contribution in [3.63, 3.8) is 0 Å². The predicted octanol–water partition coefficient (Wildman–Crippen LogP) is 3.41. The van der Waals surface area contributed by atoms with Crippen molar-refractivity contribution in [1.82, 2.24) is 0 Å². The summed E-state index contributed by atoms with van der Waals surface area (Å²) < 4.78 is 50.9. The first-order valence-electron chi connectivity index (χ1n) is 8.17. The van der Waals surface area contributed by atoms with E-state index in [0.29, 0.717) is 24.9 Å². The van der Waals surface area contributed by atoms with E-state index in [1.54, 1.807) is 0 Å². The zero-order chi connectivity index (χ0) is 19.8. The van der Waals surface area contributed by atoms with Gasteiger partial charge in [-0.3, -0.25) is 4.79 Å². The van der Waals surface area contributed by atoms with Gasteiger partial charge < -0.3 is 10.2 Å². The molecule has 1 aliphatic rings. The van der Waals surface area contributed by atoms with Crippen LogP contribution in [0.5, 0.6) is 0 Å². The van der Waals surface area contributed by atoms with Crippen LogP contribution < -0.4 is 10.2 Å². The van der Waals surface area contributed by atoms with Crippen molar-refractivity contribution in [2.24, 2.45) is 0 Å². The van der Waals surface area contributed by atoms with Gasteiger partial charge in [-0.15, -0.1) is 0 Å². The lowest BCUT2D eigenvalue weighted by Crippen LogP contribution is -2.37. The maximum atomic E-state index is 14.2. The first kappa shape index (κ1) is 19.6. The van der Waals surface area contributed by atoms with Gasteiger partial charge in [0.15, 0.2) is 9.84 Å².